The minimum Gasteiger partial charge on any atom is -0.569 e. The third-order valence-electron chi connectivity index (χ3n) is 3.52. The lowest BCUT2D eigenvalue weighted by atomic mass is 10.2. The quantitative estimate of drug-likeness (QED) is 0.267. The highest BCUT2D eigenvalue weighted by Gasteiger charge is 2.29. The van der Waals surface area contributed by atoms with Gasteiger partial charge < -0.3 is 10.4 Å². The predicted octanol–water partition coefficient (Wildman–Crippen LogP) is 1.50. The zero-order chi connectivity index (χ0) is 20.8. The zero-order valence-electron chi connectivity index (χ0n) is 14.8. The van der Waals surface area contributed by atoms with Crippen LogP contribution in [0.15, 0.2) is 22.7 Å². The van der Waals surface area contributed by atoms with E-state index in [4.69, 9.17) is 9.68 Å². The largest absolute Gasteiger partial charge is 0.569 e. The van der Waals surface area contributed by atoms with Gasteiger partial charge in [0.15, 0.2) is 0 Å². The molecular formula is C12H16N8O8. The fourth-order valence-electron chi connectivity index (χ4n) is 2.12. The Labute approximate surface area is 156 Å². The fraction of sp³-hybridized carbons (Fsp3) is 0.500. The van der Waals surface area contributed by atoms with E-state index in [0.717, 1.165) is 23.9 Å². The Morgan fingerprint density at radius 1 is 0.929 bits per heavy atom. The number of hydrogen-bond donors (Lipinski definition) is 0. The van der Waals surface area contributed by atoms with Crippen molar-refractivity contribution in [1.29, 1.82) is 0 Å². The highest BCUT2D eigenvalue weighted by Crippen LogP contribution is 2.39. The lowest BCUT2D eigenvalue weighted by Crippen LogP contribution is -2.27. The summed E-state index contributed by atoms with van der Waals surface area (Å²) in [6.45, 7) is 0.881. The smallest absolute Gasteiger partial charge is 0.321 e. The zero-order valence-corrected chi connectivity index (χ0v) is 14.8. The Bertz CT molecular complexity index is 820. The summed E-state index contributed by atoms with van der Waals surface area (Å²) in [7, 11) is 2.66. The van der Waals surface area contributed by atoms with E-state index in [1.54, 1.807) is 0 Å². The second-order valence-corrected chi connectivity index (χ2v) is 5.66. The van der Waals surface area contributed by atoms with Crippen molar-refractivity contribution in [2.75, 3.05) is 27.2 Å². The number of nitrogens with zero attached hydrogens (tertiary/aromatic N) is 8. The van der Waals surface area contributed by atoms with E-state index in [2.05, 4.69) is 10.6 Å². The molecule has 1 aromatic rings. The first-order valence-electron chi connectivity index (χ1n) is 7.80. The van der Waals surface area contributed by atoms with Crippen LogP contribution in [0.1, 0.15) is 12.8 Å². The van der Waals surface area contributed by atoms with Crippen LogP contribution in [0.3, 0.4) is 0 Å². The average Bonchev–Trinajstić information content (AvgIpc) is 3.18. The molecule has 1 aliphatic rings. The van der Waals surface area contributed by atoms with Crippen LogP contribution in [0.5, 0.6) is 11.5 Å². The van der Waals surface area contributed by atoms with Gasteiger partial charge in [-0.3, -0.25) is 29.9 Å². The summed E-state index contributed by atoms with van der Waals surface area (Å²) < 4.78 is 0. The van der Waals surface area contributed by atoms with E-state index >= 15 is 0 Å². The van der Waals surface area contributed by atoms with Gasteiger partial charge in [-0.05, 0) is 12.8 Å². The maximum absolute atomic E-state index is 11.8. The van der Waals surface area contributed by atoms with Gasteiger partial charge in [-0.2, -0.15) is 5.01 Å². The summed E-state index contributed by atoms with van der Waals surface area (Å²) in [5, 5.41) is 54.1. The Morgan fingerprint density at radius 2 is 1.43 bits per heavy atom. The second-order valence-electron chi connectivity index (χ2n) is 5.66. The Balaban J connectivity index is 2.40. The van der Waals surface area contributed by atoms with Crippen molar-refractivity contribution in [1.82, 2.24) is 10.0 Å². The summed E-state index contributed by atoms with van der Waals surface area (Å²) in [6.07, 6.45) is 1.56. The molecule has 28 heavy (non-hydrogen) atoms. The van der Waals surface area contributed by atoms with Crippen LogP contribution in [-0.4, -0.2) is 57.0 Å². The molecule has 2 rings (SSSR count). The lowest BCUT2D eigenvalue weighted by Gasteiger charge is -2.10. The average molecular weight is 400 g/mol. The molecule has 0 unspecified atom stereocenters. The third kappa shape index (κ3) is 4.80. The standard InChI is InChI=1S/C12H16N8O8/c1-15(2)19(25)13-27-11-8-12(10(18(23)24)7-9(11)17(21)22)28-14-20(26)16-5-3-4-6-16/h7-8H,3-6H2,1-2H3/b19-13-,20-14-. The lowest BCUT2D eigenvalue weighted by molar-refractivity contribution is -0.703. The molecule has 1 aliphatic heterocycles. The van der Waals surface area contributed by atoms with Gasteiger partial charge in [0.2, 0.25) is 22.1 Å². The maximum atomic E-state index is 11.8. The SMILES string of the molecule is CN(C)/[N+]([O-])=N/Oc1cc(O/N=[N+](\[O-])N2CCCC2)c([N+](=O)[O-])cc1[N+](=O)[O-]. The number of rotatable bonds is 8. The molecule has 1 aromatic carbocycles. The van der Waals surface area contributed by atoms with E-state index < -0.39 is 32.7 Å². The van der Waals surface area contributed by atoms with Gasteiger partial charge >= 0.3 is 11.4 Å². The van der Waals surface area contributed by atoms with Crippen molar-refractivity contribution in [2.45, 2.75) is 12.8 Å². The van der Waals surface area contributed by atoms with Crippen LogP contribution in [0.2, 0.25) is 0 Å². The van der Waals surface area contributed by atoms with Gasteiger partial charge in [-0.25, -0.2) is 0 Å². The molecule has 1 heterocycles. The topological polar surface area (TPSA) is 188 Å². The van der Waals surface area contributed by atoms with Crippen molar-refractivity contribution in [2.24, 2.45) is 10.6 Å². The van der Waals surface area contributed by atoms with E-state index in [-0.39, 0.29) is 9.94 Å². The van der Waals surface area contributed by atoms with Crippen LogP contribution in [0.4, 0.5) is 11.4 Å². The molecule has 0 N–H and O–H groups in total. The molecule has 1 saturated heterocycles. The van der Waals surface area contributed by atoms with Gasteiger partial charge in [-0.1, -0.05) is 0 Å². The molecule has 0 spiro atoms. The molecule has 0 aliphatic carbocycles. The van der Waals surface area contributed by atoms with Gasteiger partial charge in [0.25, 0.3) is 0 Å². The molecule has 152 valence electrons. The van der Waals surface area contributed by atoms with Gasteiger partial charge in [0.1, 0.15) is 6.07 Å². The monoisotopic (exact) mass is 400 g/mol. The molecule has 16 nitrogen and oxygen atoms in total. The molecule has 0 amide bonds. The minimum absolute atomic E-state index is 0.0250. The number of benzene rings is 1. The molecule has 1 fully saturated rings. The first-order valence-corrected chi connectivity index (χ1v) is 7.80. The third-order valence-corrected chi connectivity index (χ3v) is 3.52. The molecule has 0 radical (unpaired) electrons. The molecule has 0 saturated carbocycles. The Kier molecular flexibility index (Phi) is 6.25. The number of nitro groups is 2. The summed E-state index contributed by atoms with van der Waals surface area (Å²) in [6, 6.07) is 1.29. The van der Waals surface area contributed by atoms with Crippen molar-refractivity contribution in [3.8, 4) is 11.5 Å². The van der Waals surface area contributed by atoms with Crippen LogP contribution < -0.4 is 9.68 Å². The first kappa shape index (κ1) is 20.3. The van der Waals surface area contributed by atoms with Gasteiger partial charge in [-0.15, -0.1) is 5.01 Å². The highest BCUT2D eigenvalue weighted by molar-refractivity contribution is 5.61. The van der Waals surface area contributed by atoms with Crippen molar-refractivity contribution >= 4 is 11.4 Å². The van der Waals surface area contributed by atoms with E-state index in [1.807, 2.05) is 0 Å². The second kappa shape index (κ2) is 8.60. The van der Waals surface area contributed by atoms with Crippen molar-refractivity contribution < 1.29 is 29.5 Å². The van der Waals surface area contributed by atoms with Gasteiger partial charge in [0.05, 0.1) is 47.0 Å². The highest BCUT2D eigenvalue weighted by atomic mass is 16.7. The number of hydrazine groups is 2. The van der Waals surface area contributed by atoms with E-state index in [0.29, 0.717) is 19.2 Å². The predicted molar refractivity (Wildman–Crippen MR) is 87.6 cm³/mol. The fourth-order valence-corrected chi connectivity index (χ4v) is 2.12. The summed E-state index contributed by atoms with van der Waals surface area (Å²) >= 11 is 0. The first-order chi connectivity index (χ1) is 13.2. The van der Waals surface area contributed by atoms with E-state index in [1.165, 1.54) is 19.1 Å². The van der Waals surface area contributed by atoms with Crippen LogP contribution >= 0.6 is 0 Å². The number of nitro benzene ring substituents is 2. The minimum atomic E-state index is -0.965. The van der Waals surface area contributed by atoms with Crippen molar-refractivity contribution in [3.05, 3.63) is 42.8 Å². The van der Waals surface area contributed by atoms with E-state index in [9.17, 15) is 30.6 Å². The summed E-state index contributed by atoms with van der Waals surface area (Å²) in [5.74, 6) is -1.23. The Hall–Kier alpha value is -3.98. The molecular weight excluding hydrogens is 384 g/mol. The summed E-state index contributed by atoms with van der Waals surface area (Å²) in [4.78, 5) is 30.1. The molecule has 16 heteroatoms. The maximum Gasteiger partial charge on any atom is 0.321 e. The number of hydrogen-bond acceptors (Lipinski definition) is 10. The normalized spacial score (nSPS) is 14.7. The Morgan fingerprint density at radius 3 is 1.89 bits per heavy atom. The molecule has 0 aromatic heterocycles. The molecule has 0 bridgehead atoms. The van der Waals surface area contributed by atoms with Crippen LogP contribution in [0.25, 0.3) is 0 Å². The van der Waals surface area contributed by atoms with Crippen molar-refractivity contribution in [3.63, 3.8) is 0 Å². The van der Waals surface area contributed by atoms with Crippen LogP contribution in [-0.2, 0) is 0 Å². The summed E-state index contributed by atoms with van der Waals surface area (Å²) in [5.41, 5.74) is -1.67. The van der Waals surface area contributed by atoms with Gasteiger partial charge in [0, 0.05) is 6.07 Å². The van der Waals surface area contributed by atoms with Crippen LogP contribution in [0, 0.1) is 30.6 Å². The molecule has 0 atom stereocenters.